The summed E-state index contributed by atoms with van der Waals surface area (Å²) in [6.07, 6.45) is 1.61. The van der Waals surface area contributed by atoms with Gasteiger partial charge in [0.2, 0.25) is 15.9 Å². The van der Waals surface area contributed by atoms with E-state index < -0.39 is 10.0 Å². The van der Waals surface area contributed by atoms with Crippen molar-refractivity contribution in [2.75, 3.05) is 5.32 Å². The van der Waals surface area contributed by atoms with Gasteiger partial charge in [-0.15, -0.1) is 5.10 Å². The molecule has 2 aromatic rings. The maximum atomic E-state index is 11.7. The highest BCUT2D eigenvalue weighted by Gasteiger charge is 2.08. The predicted molar refractivity (Wildman–Crippen MR) is 68.9 cm³/mol. The van der Waals surface area contributed by atoms with Crippen molar-refractivity contribution < 1.29 is 13.2 Å². The fourth-order valence-corrected chi connectivity index (χ4v) is 1.97. The number of sulfonamides is 1. The van der Waals surface area contributed by atoms with Crippen molar-refractivity contribution in [3.8, 4) is 0 Å². The lowest BCUT2D eigenvalue weighted by molar-refractivity contribution is -0.116. The molecular weight excluding hydrogens is 284 g/mol. The number of carbonyl (C=O) groups is 1. The Kier molecular flexibility index (Phi) is 4.05. The second kappa shape index (κ2) is 5.75. The molecule has 0 radical (unpaired) electrons. The van der Waals surface area contributed by atoms with Gasteiger partial charge in [-0.2, -0.15) is 0 Å². The molecule has 0 atom stereocenters. The molecule has 1 heterocycles. The number of nitrogens with two attached hydrogens (primary N) is 1. The fraction of sp³-hybridized carbons (Fsp3) is 0.200. The molecule has 3 N–H and O–H groups in total. The maximum absolute atomic E-state index is 11.7. The van der Waals surface area contributed by atoms with Gasteiger partial charge in [0.1, 0.15) is 6.33 Å². The van der Waals surface area contributed by atoms with Gasteiger partial charge in [0.25, 0.3) is 0 Å². The van der Waals surface area contributed by atoms with Crippen molar-refractivity contribution in [3.05, 3.63) is 30.6 Å². The van der Waals surface area contributed by atoms with E-state index in [1.165, 1.54) is 35.3 Å². The summed E-state index contributed by atoms with van der Waals surface area (Å²) in [7, 11) is -3.73. The highest BCUT2D eigenvalue weighted by Crippen LogP contribution is 2.12. The smallest absolute Gasteiger partial charge is 0.238 e. The molecule has 0 spiro atoms. The fourth-order valence-electron chi connectivity index (χ4n) is 1.45. The minimum absolute atomic E-state index is 0.0100. The van der Waals surface area contributed by atoms with Crippen LogP contribution in [0.4, 0.5) is 5.69 Å². The Hall–Kier alpha value is -2.33. The van der Waals surface area contributed by atoms with Crippen molar-refractivity contribution in [1.82, 2.24) is 20.2 Å². The third-order valence-electron chi connectivity index (χ3n) is 2.43. The Morgan fingerprint density at radius 2 is 2.00 bits per heavy atom. The molecule has 1 aromatic carbocycles. The van der Waals surface area contributed by atoms with Gasteiger partial charge in [-0.3, -0.25) is 4.79 Å². The van der Waals surface area contributed by atoms with Gasteiger partial charge in [-0.25, -0.2) is 18.2 Å². The second-order valence-electron chi connectivity index (χ2n) is 3.94. The zero-order valence-electron chi connectivity index (χ0n) is 10.3. The van der Waals surface area contributed by atoms with E-state index in [1.807, 2.05) is 0 Å². The van der Waals surface area contributed by atoms with Crippen LogP contribution in [0.5, 0.6) is 0 Å². The number of aromatic nitrogens is 4. The number of benzene rings is 1. The zero-order valence-corrected chi connectivity index (χ0v) is 11.1. The normalized spacial score (nSPS) is 11.2. The molecule has 0 saturated heterocycles. The van der Waals surface area contributed by atoms with E-state index in [1.54, 1.807) is 0 Å². The van der Waals surface area contributed by atoms with Crippen LogP contribution < -0.4 is 10.5 Å². The average Bonchev–Trinajstić information content (AvgIpc) is 2.89. The Labute approximate surface area is 114 Å². The van der Waals surface area contributed by atoms with E-state index in [4.69, 9.17) is 5.14 Å². The number of hydrogen-bond acceptors (Lipinski definition) is 6. The van der Waals surface area contributed by atoms with Crippen LogP contribution >= 0.6 is 0 Å². The summed E-state index contributed by atoms with van der Waals surface area (Å²) in [5, 5.41) is 18.1. The molecule has 0 aliphatic carbocycles. The van der Waals surface area contributed by atoms with Crippen molar-refractivity contribution in [2.45, 2.75) is 17.9 Å². The summed E-state index contributed by atoms with van der Waals surface area (Å²) >= 11 is 0. The molecule has 0 unspecified atom stereocenters. The van der Waals surface area contributed by atoms with Crippen LogP contribution in [0.25, 0.3) is 0 Å². The Morgan fingerprint density at radius 3 is 2.55 bits per heavy atom. The number of primary sulfonamides is 1. The Morgan fingerprint density at radius 1 is 1.30 bits per heavy atom. The first-order valence-electron chi connectivity index (χ1n) is 5.58. The largest absolute Gasteiger partial charge is 0.326 e. The summed E-state index contributed by atoms with van der Waals surface area (Å²) in [5.74, 6) is -0.233. The maximum Gasteiger partial charge on any atom is 0.238 e. The van der Waals surface area contributed by atoms with Gasteiger partial charge >= 0.3 is 0 Å². The van der Waals surface area contributed by atoms with Crippen LogP contribution in [0.1, 0.15) is 6.42 Å². The van der Waals surface area contributed by atoms with Crippen molar-refractivity contribution in [1.29, 1.82) is 0 Å². The van der Waals surface area contributed by atoms with Crippen molar-refractivity contribution in [2.24, 2.45) is 5.14 Å². The summed E-state index contributed by atoms with van der Waals surface area (Å²) < 4.78 is 23.6. The van der Waals surface area contributed by atoms with Crippen LogP contribution in [0.2, 0.25) is 0 Å². The van der Waals surface area contributed by atoms with E-state index in [9.17, 15) is 13.2 Å². The first-order valence-corrected chi connectivity index (χ1v) is 7.13. The predicted octanol–water partition coefficient (Wildman–Crippen LogP) is -0.651. The molecule has 1 amide bonds. The minimum Gasteiger partial charge on any atom is -0.326 e. The molecule has 106 valence electrons. The van der Waals surface area contributed by atoms with E-state index in [2.05, 4.69) is 20.8 Å². The van der Waals surface area contributed by atoms with Crippen LogP contribution in [0.15, 0.2) is 35.5 Å². The highest BCUT2D eigenvalue weighted by atomic mass is 32.2. The van der Waals surface area contributed by atoms with Gasteiger partial charge < -0.3 is 5.32 Å². The number of aryl methyl sites for hydroxylation is 1. The van der Waals surface area contributed by atoms with E-state index in [-0.39, 0.29) is 17.2 Å². The number of nitrogens with zero attached hydrogens (tertiary/aromatic N) is 4. The molecule has 10 heteroatoms. The van der Waals surface area contributed by atoms with Crippen LogP contribution in [-0.2, 0) is 21.4 Å². The monoisotopic (exact) mass is 296 g/mol. The Bertz CT molecular complexity index is 680. The van der Waals surface area contributed by atoms with Crippen molar-refractivity contribution >= 4 is 21.6 Å². The average molecular weight is 296 g/mol. The highest BCUT2D eigenvalue weighted by molar-refractivity contribution is 7.89. The third-order valence-corrected chi connectivity index (χ3v) is 3.36. The number of amides is 1. The van der Waals surface area contributed by atoms with Gasteiger partial charge in [0, 0.05) is 12.1 Å². The molecule has 0 aliphatic rings. The SMILES string of the molecule is NS(=O)(=O)c1ccc(NC(=O)CCn2cnnn2)cc1. The standard InChI is InChI=1S/C10H12N6O3S/c11-20(18,19)9-3-1-8(2-4-9)13-10(17)5-6-16-7-12-14-15-16/h1-4,7H,5-6H2,(H,13,17)(H2,11,18,19). The number of anilines is 1. The number of rotatable bonds is 5. The van der Waals surface area contributed by atoms with Crippen molar-refractivity contribution in [3.63, 3.8) is 0 Å². The summed E-state index contributed by atoms with van der Waals surface area (Å²) in [6, 6.07) is 5.59. The number of hydrogen-bond donors (Lipinski definition) is 2. The van der Waals surface area contributed by atoms with E-state index >= 15 is 0 Å². The lowest BCUT2D eigenvalue weighted by Gasteiger charge is -2.05. The molecule has 0 fully saturated rings. The summed E-state index contributed by atoms with van der Waals surface area (Å²) in [4.78, 5) is 11.6. The lowest BCUT2D eigenvalue weighted by Crippen LogP contribution is -2.15. The van der Waals surface area contributed by atoms with Gasteiger partial charge in [0.15, 0.2) is 0 Å². The Balaban J connectivity index is 1.91. The van der Waals surface area contributed by atoms with Gasteiger partial charge in [-0.05, 0) is 34.7 Å². The van der Waals surface area contributed by atoms with Gasteiger partial charge in [0.05, 0.1) is 11.4 Å². The first-order chi connectivity index (χ1) is 9.45. The molecular formula is C10H12N6O3S. The number of carbonyl (C=O) groups excluding carboxylic acids is 1. The topological polar surface area (TPSA) is 133 Å². The van der Waals surface area contributed by atoms with E-state index in [0.717, 1.165) is 0 Å². The van der Waals surface area contributed by atoms with Crippen LogP contribution in [0.3, 0.4) is 0 Å². The molecule has 2 rings (SSSR count). The molecule has 0 aliphatic heterocycles. The van der Waals surface area contributed by atoms with E-state index in [0.29, 0.717) is 12.2 Å². The minimum atomic E-state index is -3.73. The number of tetrazole rings is 1. The molecule has 0 saturated carbocycles. The quantitative estimate of drug-likeness (QED) is 0.753. The summed E-state index contributed by atoms with van der Waals surface area (Å²) in [5.41, 5.74) is 0.485. The lowest BCUT2D eigenvalue weighted by atomic mass is 10.3. The van der Waals surface area contributed by atoms with Gasteiger partial charge in [-0.1, -0.05) is 0 Å². The number of nitrogens with one attached hydrogen (secondary N) is 1. The first kappa shape index (κ1) is 14.1. The van der Waals surface area contributed by atoms with Crippen LogP contribution in [-0.4, -0.2) is 34.5 Å². The molecule has 1 aromatic heterocycles. The third kappa shape index (κ3) is 3.83. The van der Waals surface area contributed by atoms with Crippen LogP contribution in [0, 0.1) is 0 Å². The molecule has 0 bridgehead atoms. The zero-order chi connectivity index (χ0) is 14.6. The second-order valence-corrected chi connectivity index (χ2v) is 5.50. The summed E-state index contributed by atoms with van der Waals surface area (Å²) in [6.45, 7) is 0.355. The molecule has 20 heavy (non-hydrogen) atoms. The molecule has 9 nitrogen and oxygen atoms in total.